The van der Waals surface area contributed by atoms with Crippen LogP contribution >= 0.6 is 0 Å². The van der Waals surface area contributed by atoms with Gasteiger partial charge < -0.3 is 0 Å². The van der Waals surface area contributed by atoms with Crippen molar-refractivity contribution in [3.8, 4) is 0 Å². The van der Waals surface area contributed by atoms with Gasteiger partial charge in [0.15, 0.2) is 0 Å². The van der Waals surface area contributed by atoms with Crippen LogP contribution in [0.1, 0.15) is 108 Å². The van der Waals surface area contributed by atoms with Gasteiger partial charge in [-0.05, 0) is 108 Å². The van der Waals surface area contributed by atoms with E-state index in [1.54, 1.807) is 0 Å². The first kappa shape index (κ1) is 21.2. The van der Waals surface area contributed by atoms with Crippen LogP contribution in [-0.2, 0) is 0 Å². The third kappa shape index (κ3) is 2.89. The lowest BCUT2D eigenvalue weighted by molar-refractivity contribution is -0.190. The number of hydrogen-bond donors (Lipinski definition) is 0. The lowest BCUT2D eigenvalue weighted by Crippen LogP contribution is -2.61. The minimum atomic E-state index is 0.493. The summed E-state index contributed by atoms with van der Waals surface area (Å²) in [6.07, 6.45) is 8.95. The fraction of sp³-hybridized carbons (Fsp3) is 1.00. The minimum absolute atomic E-state index is 0.493. The maximum absolute atomic E-state index is 2.69. The maximum Gasteiger partial charge on any atom is -0.0292 e. The minimum Gasteiger partial charge on any atom is -0.0622 e. The molecule has 4 aliphatic carbocycles. The zero-order valence-electron chi connectivity index (χ0n) is 20.9. The predicted molar refractivity (Wildman–Crippen MR) is 122 cm³/mol. The van der Waals surface area contributed by atoms with Crippen LogP contribution in [0.2, 0.25) is 0 Å². The predicted octanol–water partition coefficient (Wildman–Crippen LogP) is 8.46. The molecule has 0 bridgehead atoms. The number of hydrogen-bond acceptors (Lipinski definition) is 0. The van der Waals surface area contributed by atoms with Crippen molar-refractivity contribution in [2.75, 3.05) is 0 Å². The number of fused-ring (bicyclic) bond motifs is 3. The van der Waals surface area contributed by atoms with Crippen LogP contribution in [0.15, 0.2) is 0 Å². The van der Waals surface area contributed by atoms with Gasteiger partial charge in [-0.2, -0.15) is 0 Å². The fourth-order valence-electron chi connectivity index (χ4n) is 9.16. The molecule has 0 amide bonds. The van der Waals surface area contributed by atoms with Crippen LogP contribution in [0, 0.1) is 69.0 Å². The van der Waals surface area contributed by atoms with E-state index < -0.39 is 0 Å². The molecule has 4 rings (SSSR count). The van der Waals surface area contributed by atoms with E-state index in [1.165, 1.54) is 38.5 Å². The largest absolute Gasteiger partial charge is 0.0622 e. The average molecular weight is 387 g/mol. The van der Waals surface area contributed by atoms with Gasteiger partial charge in [0.05, 0.1) is 0 Å². The molecular weight excluding hydrogens is 336 g/mol. The molecule has 28 heavy (non-hydrogen) atoms. The van der Waals surface area contributed by atoms with E-state index in [1.807, 2.05) is 0 Å². The van der Waals surface area contributed by atoms with Gasteiger partial charge in [-0.3, -0.25) is 0 Å². The zero-order valence-corrected chi connectivity index (χ0v) is 20.9. The molecule has 0 N–H and O–H groups in total. The van der Waals surface area contributed by atoms with Crippen molar-refractivity contribution in [1.29, 1.82) is 0 Å². The molecule has 8 unspecified atom stereocenters. The molecule has 4 aliphatic rings. The smallest absolute Gasteiger partial charge is 0.0292 e. The van der Waals surface area contributed by atoms with Crippen molar-refractivity contribution >= 4 is 0 Å². The molecule has 0 heterocycles. The molecule has 0 aliphatic heterocycles. The summed E-state index contributed by atoms with van der Waals surface area (Å²) in [6.45, 7) is 26.1. The Balaban J connectivity index is 1.68. The van der Waals surface area contributed by atoms with Crippen molar-refractivity contribution in [1.82, 2.24) is 0 Å². The Bertz CT molecular complexity index is 552. The van der Waals surface area contributed by atoms with Crippen LogP contribution in [-0.4, -0.2) is 0 Å². The summed E-state index contributed by atoms with van der Waals surface area (Å²) in [7, 11) is 0. The maximum atomic E-state index is 2.69. The second-order valence-corrected chi connectivity index (χ2v) is 14.7. The highest BCUT2D eigenvalue weighted by Crippen LogP contribution is 2.70. The Morgan fingerprint density at radius 1 is 0.464 bits per heavy atom. The third-order valence-electron chi connectivity index (χ3n) is 12.2. The van der Waals surface area contributed by atoms with Crippen molar-refractivity contribution in [3.05, 3.63) is 0 Å². The summed E-state index contributed by atoms with van der Waals surface area (Å²) in [6, 6.07) is 0. The number of rotatable bonds is 0. The summed E-state index contributed by atoms with van der Waals surface area (Å²) in [5.41, 5.74) is 2.04. The SMILES string of the molecule is CC1CC2C(CC1C)C(C)(C)C1CC3CC(C)(C)C(C)(C)CC3CC1C2(C)C. The zero-order chi connectivity index (χ0) is 20.9. The lowest BCUT2D eigenvalue weighted by atomic mass is 9.37. The molecule has 0 aromatic carbocycles. The highest BCUT2D eigenvalue weighted by Gasteiger charge is 2.62. The molecule has 0 saturated heterocycles. The van der Waals surface area contributed by atoms with Crippen LogP contribution in [0.4, 0.5) is 0 Å². The van der Waals surface area contributed by atoms with Gasteiger partial charge in [-0.15, -0.1) is 0 Å². The standard InChI is InChI=1S/C28H50/c1-17-11-21-22(12-18(17)2)28(9,10)24-14-20-16-26(5,6)25(3,4)15-19(20)13-23(24)27(21,7)8/h17-24H,11-16H2,1-10H3. The van der Waals surface area contributed by atoms with E-state index in [0.717, 1.165) is 47.3 Å². The Morgan fingerprint density at radius 2 is 0.750 bits per heavy atom. The Hall–Kier alpha value is 0. The second kappa shape index (κ2) is 6.26. The molecular formula is C28H50. The Morgan fingerprint density at radius 3 is 1.07 bits per heavy atom. The van der Waals surface area contributed by atoms with Crippen LogP contribution in [0.25, 0.3) is 0 Å². The topological polar surface area (TPSA) is 0 Å². The average Bonchev–Trinajstić information content (AvgIpc) is 2.55. The first-order valence-electron chi connectivity index (χ1n) is 12.7. The highest BCUT2D eigenvalue weighted by atomic mass is 14.7. The molecule has 0 radical (unpaired) electrons. The van der Waals surface area contributed by atoms with Crippen LogP contribution in [0.5, 0.6) is 0 Å². The van der Waals surface area contributed by atoms with Crippen molar-refractivity contribution in [2.24, 2.45) is 69.0 Å². The van der Waals surface area contributed by atoms with E-state index in [0.29, 0.717) is 21.7 Å². The molecule has 0 nitrogen and oxygen atoms in total. The van der Waals surface area contributed by atoms with Crippen LogP contribution < -0.4 is 0 Å². The monoisotopic (exact) mass is 386 g/mol. The molecule has 4 fully saturated rings. The van der Waals surface area contributed by atoms with Gasteiger partial charge in [0.2, 0.25) is 0 Å². The van der Waals surface area contributed by atoms with Gasteiger partial charge >= 0.3 is 0 Å². The molecule has 8 atom stereocenters. The van der Waals surface area contributed by atoms with Crippen molar-refractivity contribution < 1.29 is 0 Å². The summed E-state index contributed by atoms with van der Waals surface area (Å²) in [4.78, 5) is 0. The summed E-state index contributed by atoms with van der Waals surface area (Å²) in [5.74, 6) is 7.58. The first-order valence-corrected chi connectivity index (χ1v) is 12.7. The summed E-state index contributed by atoms with van der Waals surface area (Å²) < 4.78 is 0. The molecule has 0 spiro atoms. The highest BCUT2D eigenvalue weighted by molar-refractivity contribution is 5.11. The second-order valence-electron chi connectivity index (χ2n) is 14.7. The Labute approximate surface area is 177 Å². The van der Waals surface area contributed by atoms with Gasteiger partial charge in [0.25, 0.3) is 0 Å². The molecule has 0 heteroatoms. The molecule has 0 aromatic heterocycles. The molecule has 4 saturated carbocycles. The summed E-state index contributed by atoms with van der Waals surface area (Å²) >= 11 is 0. The summed E-state index contributed by atoms with van der Waals surface area (Å²) in [5, 5.41) is 0. The normalized spacial score (nSPS) is 50.8. The van der Waals surface area contributed by atoms with Gasteiger partial charge in [0.1, 0.15) is 0 Å². The fourth-order valence-corrected chi connectivity index (χ4v) is 9.16. The quantitative estimate of drug-likeness (QED) is 0.391. The molecule has 162 valence electrons. The lowest BCUT2D eigenvalue weighted by Gasteiger charge is -2.68. The third-order valence-corrected chi connectivity index (χ3v) is 12.2. The van der Waals surface area contributed by atoms with Crippen molar-refractivity contribution in [2.45, 2.75) is 108 Å². The van der Waals surface area contributed by atoms with Gasteiger partial charge in [0, 0.05) is 0 Å². The van der Waals surface area contributed by atoms with Crippen molar-refractivity contribution in [3.63, 3.8) is 0 Å². The van der Waals surface area contributed by atoms with Gasteiger partial charge in [-0.1, -0.05) is 69.2 Å². The van der Waals surface area contributed by atoms with E-state index in [4.69, 9.17) is 0 Å². The van der Waals surface area contributed by atoms with Gasteiger partial charge in [-0.25, -0.2) is 0 Å². The van der Waals surface area contributed by atoms with E-state index in [2.05, 4.69) is 69.2 Å². The van der Waals surface area contributed by atoms with E-state index in [9.17, 15) is 0 Å². The van der Waals surface area contributed by atoms with E-state index >= 15 is 0 Å². The Kier molecular flexibility index (Phi) is 4.75. The van der Waals surface area contributed by atoms with Crippen LogP contribution in [0.3, 0.4) is 0 Å². The molecule has 0 aromatic rings. The van der Waals surface area contributed by atoms with E-state index in [-0.39, 0.29) is 0 Å². The first-order chi connectivity index (χ1) is 12.7.